The molecule has 1 saturated heterocycles. The molecule has 1 aliphatic rings. The van der Waals surface area contributed by atoms with E-state index in [2.05, 4.69) is 30.2 Å². The molecule has 0 atom stereocenters. The van der Waals surface area contributed by atoms with Gasteiger partial charge in [0, 0.05) is 30.8 Å². The van der Waals surface area contributed by atoms with Crippen LogP contribution >= 0.6 is 0 Å². The molecule has 1 fully saturated rings. The van der Waals surface area contributed by atoms with Gasteiger partial charge in [0.25, 0.3) is 5.56 Å². The van der Waals surface area contributed by atoms with Crippen molar-refractivity contribution in [2.75, 3.05) is 18.4 Å². The number of rotatable bonds is 5. The van der Waals surface area contributed by atoms with Crippen molar-refractivity contribution < 1.29 is 0 Å². The number of aromatic amines is 2. The van der Waals surface area contributed by atoms with Gasteiger partial charge >= 0.3 is 0 Å². The van der Waals surface area contributed by atoms with Crippen LogP contribution in [0, 0.1) is 5.41 Å². The Morgan fingerprint density at radius 3 is 2.68 bits per heavy atom. The fourth-order valence-electron chi connectivity index (χ4n) is 3.44. The molecule has 4 rings (SSSR count). The average Bonchev–Trinajstić information content (AvgIpc) is 2.98. The second kappa shape index (κ2) is 6.87. The van der Waals surface area contributed by atoms with Gasteiger partial charge in [0.05, 0.1) is 23.1 Å². The highest BCUT2D eigenvalue weighted by atomic mass is 16.1. The van der Waals surface area contributed by atoms with Crippen molar-refractivity contribution in [1.29, 1.82) is 5.41 Å². The smallest absolute Gasteiger partial charge is 0.261 e. The van der Waals surface area contributed by atoms with Crippen molar-refractivity contribution in [3.63, 3.8) is 0 Å². The van der Waals surface area contributed by atoms with E-state index in [1.165, 1.54) is 0 Å². The van der Waals surface area contributed by atoms with Gasteiger partial charge in [-0.1, -0.05) is 12.1 Å². The zero-order valence-electron chi connectivity index (χ0n) is 16.3. The zero-order valence-corrected chi connectivity index (χ0v) is 16.3. The number of imidazole rings is 1. The van der Waals surface area contributed by atoms with Crippen LogP contribution in [-0.2, 0) is 6.54 Å². The standard InChI is InChI=1S/C20H25N7O/c1-20(2,3)26-18-13(8-21)19(28)25-17(24-18)12-9-27(10-12)11-16-22-14-6-4-5-7-15(14)23-16/h4-8,12,21H,9-11H2,1-3H3,(H,22,23)(H2,24,25,26,28). The number of aromatic nitrogens is 4. The lowest BCUT2D eigenvalue weighted by molar-refractivity contribution is 0.131. The van der Waals surface area contributed by atoms with Crippen LogP contribution in [0.15, 0.2) is 29.1 Å². The first-order valence-corrected chi connectivity index (χ1v) is 9.41. The largest absolute Gasteiger partial charge is 0.365 e. The maximum Gasteiger partial charge on any atom is 0.261 e. The van der Waals surface area contributed by atoms with E-state index in [0.29, 0.717) is 11.6 Å². The van der Waals surface area contributed by atoms with Crippen LogP contribution in [0.3, 0.4) is 0 Å². The third kappa shape index (κ3) is 3.68. The van der Waals surface area contributed by atoms with Gasteiger partial charge in [0.2, 0.25) is 0 Å². The summed E-state index contributed by atoms with van der Waals surface area (Å²) in [6, 6.07) is 7.99. The Kier molecular flexibility index (Phi) is 4.50. The van der Waals surface area contributed by atoms with E-state index in [9.17, 15) is 4.79 Å². The summed E-state index contributed by atoms with van der Waals surface area (Å²) in [4.78, 5) is 30.1. The minimum Gasteiger partial charge on any atom is -0.365 e. The summed E-state index contributed by atoms with van der Waals surface area (Å²) in [7, 11) is 0. The number of hydrogen-bond donors (Lipinski definition) is 4. The second-order valence-electron chi connectivity index (χ2n) is 8.32. The Balaban J connectivity index is 1.47. The van der Waals surface area contributed by atoms with Crippen molar-refractivity contribution >= 4 is 23.1 Å². The Morgan fingerprint density at radius 2 is 2.00 bits per heavy atom. The molecule has 0 amide bonds. The third-order valence-corrected chi connectivity index (χ3v) is 4.77. The Labute approximate surface area is 162 Å². The van der Waals surface area contributed by atoms with Gasteiger partial charge in [-0.15, -0.1) is 0 Å². The van der Waals surface area contributed by atoms with Crippen molar-refractivity contribution in [1.82, 2.24) is 24.8 Å². The van der Waals surface area contributed by atoms with Gasteiger partial charge in [-0.2, -0.15) is 0 Å². The molecule has 0 saturated carbocycles. The summed E-state index contributed by atoms with van der Waals surface area (Å²) in [5, 5.41) is 10.8. The van der Waals surface area contributed by atoms with Crippen LogP contribution in [0.1, 0.15) is 43.9 Å². The van der Waals surface area contributed by atoms with E-state index in [4.69, 9.17) is 5.41 Å². The normalized spacial score (nSPS) is 15.5. The summed E-state index contributed by atoms with van der Waals surface area (Å²) in [5.41, 5.74) is 1.75. The van der Waals surface area contributed by atoms with Gasteiger partial charge in [0.15, 0.2) is 0 Å². The van der Waals surface area contributed by atoms with Gasteiger partial charge < -0.3 is 20.7 Å². The molecule has 0 unspecified atom stereocenters. The molecule has 8 nitrogen and oxygen atoms in total. The van der Waals surface area contributed by atoms with Crippen molar-refractivity contribution in [2.45, 2.75) is 38.8 Å². The van der Waals surface area contributed by atoms with Gasteiger partial charge in [-0.3, -0.25) is 9.69 Å². The monoisotopic (exact) mass is 379 g/mol. The lowest BCUT2D eigenvalue weighted by atomic mass is 9.99. The lowest BCUT2D eigenvalue weighted by Crippen LogP contribution is -2.46. The van der Waals surface area contributed by atoms with Crippen LogP contribution in [0.2, 0.25) is 0 Å². The molecule has 1 aliphatic heterocycles. The predicted molar refractivity (Wildman–Crippen MR) is 110 cm³/mol. The van der Waals surface area contributed by atoms with Crippen LogP contribution < -0.4 is 10.9 Å². The van der Waals surface area contributed by atoms with Crippen LogP contribution in [0.25, 0.3) is 11.0 Å². The van der Waals surface area contributed by atoms with Crippen LogP contribution in [0.4, 0.5) is 5.82 Å². The molecule has 0 spiro atoms. The van der Waals surface area contributed by atoms with E-state index >= 15 is 0 Å². The van der Waals surface area contributed by atoms with E-state index in [0.717, 1.165) is 42.7 Å². The molecule has 1 aromatic carbocycles. The van der Waals surface area contributed by atoms with E-state index < -0.39 is 0 Å². The number of likely N-dealkylation sites (tertiary alicyclic amines) is 1. The lowest BCUT2D eigenvalue weighted by Gasteiger charge is -2.38. The van der Waals surface area contributed by atoms with E-state index in [1.54, 1.807) is 0 Å². The highest BCUT2D eigenvalue weighted by molar-refractivity contribution is 5.83. The topological polar surface area (TPSA) is 114 Å². The molecule has 146 valence electrons. The minimum absolute atomic E-state index is 0.164. The SMILES string of the molecule is CC(C)(C)Nc1nc(C2CN(Cc3nc4ccccc4[nH]3)C2)[nH]c(=O)c1C=N. The van der Waals surface area contributed by atoms with Crippen molar-refractivity contribution in [2.24, 2.45) is 0 Å². The Morgan fingerprint density at radius 1 is 1.25 bits per heavy atom. The number of para-hydroxylation sites is 2. The van der Waals surface area contributed by atoms with E-state index in [1.807, 2.05) is 45.0 Å². The summed E-state index contributed by atoms with van der Waals surface area (Å²) >= 11 is 0. The maximum atomic E-state index is 12.4. The molecule has 3 heterocycles. The first kappa shape index (κ1) is 18.4. The first-order valence-electron chi connectivity index (χ1n) is 9.41. The first-order chi connectivity index (χ1) is 13.3. The number of nitrogens with one attached hydrogen (secondary N) is 4. The molecule has 8 heteroatoms. The number of nitrogens with zero attached hydrogens (tertiary/aromatic N) is 3. The van der Waals surface area contributed by atoms with Crippen LogP contribution in [0.5, 0.6) is 0 Å². The molecule has 2 aromatic heterocycles. The fraction of sp³-hybridized carbons (Fsp3) is 0.400. The molecule has 4 N–H and O–H groups in total. The third-order valence-electron chi connectivity index (χ3n) is 4.77. The Hall–Kier alpha value is -3.00. The summed E-state index contributed by atoms with van der Waals surface area (Å²) in [6.45, 7) is 8.35. The van der Waals surface area contributed by atoms with E-state index in [-0.39, 0.29) is 22.6 Å². The second-order valence-corrected chi connectivity index (χ2v) is 8.32. The predicted octanol–water partition coefficient (Wildman–Crippen LogP) is 2.45. The maximum absolute atomic E-state index is 12.4. The molecule has 0 bridgehead atoms. The summed E-state index contributed by atoms with van der Waals surface area (Å²) < 4.78 is 0. The number of hydrogen-bond acceptors (Lipinski definition) is 6. The quantitative estimate of drug-likeness (QED) is 0.509. The molecular formula is C20H25N7O. The van der Waals surface area contributed by atoms with Gasteiger partial charge in [-0.05, 0) is 32.9 Å². The number of anilines is 1. The Bertz CT molecular complexity index is 1040. The number of H-pyrrole nitrogens is 2. The molecule has 0 radical (unpaired) electrons. The summed E-state index contributed by atoms with van der Waals surface area (Å²) in [6.07, 6.45) is 1.05. The molecule has 0 aliphatic carbocycles. The minimum atomic E-state index is -0.275. The zero-order chi connectivity index (χ0) is 19.9. The summed E-state index contributed by atoms with van der Waals surface area (Å²) in [5.74, 6) is 2.24. The molecular weight excluding hydrogens is 354 g/mol. The number of fused-ring (bicyclic) bond motifs is 1. The van der Waals surface area contributed by atoms with Crippen molar-refractivity contribution in [3.05, 3.63) is 51.8 Å². The average molecular weight is 379 g/mol. The molecule has 3 aromatic rings. The van der Waals surface area contributed by atoms with Crippen molar-refractivity contribution in [3.8, 4) is 0 Å². The number of benzene rings is 1. The van der Waals surface area contributed by atoms with Gasteiger partial charge in [-0.25, -0.2) is 9.97 Å². The van der Waals surface area contributed by atoms with Crippen LogP contribution in [-0.4, -0.2) is 49.7 Å². The highest BCUT2D eigenvalue weighted by Crippen LogP contribution is 2.27. The van der Waals surface area contributed by atoms with Gasteiger partial charge in [0.1, 0.15) is 17.5 Å². The fourth-order valence-corrected chi connectivity index (χ4v) is 3.44. The molecule has 28 heavy (non-hydrogen) atoms. The highest BCUT2D eigenvalue weighted by Gasteiger charge is 2.31.